The molecule has 196 valence electrons. The van der Waals surface area contributed by atoms with Crippen molar-refractivity contribution >= 4 is 29.2 Å². The molecule has 0 spiro atoms. The van der Waals surface area contributed by atoms with Crippen molar-refractivity contribution in [3.05, 3.63) is 89.1 Å². The molecule has 1 aliphatic rings. The van der Waals surface area contributed by atoms with Crippen LogP contribution >= 0.6 is 11.6 Å². The number of carbonyl (C=O) groups is 2. The molecular formula is C27H30ClFN4O4. The second-order valence-corrected chi connectivity index (χ2v) is 9.21. The van der Waals surface area contributed by atoms with E-state index in [1.54, 1.807) is 59.7 Å². The van der Waals surface area contributed by atoms with Gasteiger partial charge >= 0.3 is 6.03 Å². The van der Waals surface area contributed by atoms with E-state index in [0.717, 1.165) is 18.7 Å². The summed E-state index contributed by atoms with van der Waals surface area (Å²) in [6.07, 6.45) is 1.54. The number of nitrogens with one attached hydrogen (secondary N) is 1. The summed E-state index contributed by atoms with van der Waals surface area (Å²) in [7, 11) is 0. The van der Waals surface area contributed by atoms with Crippen molar-refractivity contribution in [1.82, 2.24) is 14.7 Å². The monoisotopic (exact) mass is 528 g/mol. The lowest BCUT2D eigenvalue weighted by molar-refractivity contribution is -0.133. The lowest BCUT2D eigenvalue weighted by Gasteiger charge is -2.31. The van der Waals surface area contributed by atoms with Gasteiger partial charge in [0.15, 0.2) is 0 Å². The van der Waals surface area contributed by atoms with Crippen LogP contribution in [0.3, 0.4) is 0 Å². The van der Waals surface area contributed by atoms with Gasteiger partial charge in [-0.2, -0.15) is 0 Å². The van der Waals surface area contributed by atoms with Gasteiger partial charge < -0.3 is 24.3 Å². The number of benzene rings is 2. The number of anilines is 1. The van der Waals surface area contributed by atoms with Gasteiger partial charge in [0, 0.05) is 43.4 Å². The molecule has 1 aliphatic heterocycles. The van der Waals surface area contributed by atoms with Gasteiger partial charge in [-0.3, -0.25) is 9.69 Å². The van der Waals surface area contributed by atoms with E-state index in [-0.39, 0.29) is 31.4 Å². The zero-order valence-corrected chi connectivity index (χ0v) is 21.2. The van der Waals surface area contributed by atoms with Crippen molar-refractivity contribution in [3.63, 3.8) is 0 Å². The van der Waals surface area contributed by atoms with Crippen LogP contribution in [0.15, 0.2) is 71.3 Å². The molecule has 4 rings (SSSR count). The molecule has 1 saturated heterocycles. The average Bonchev–Trinajstić information content (AvgIpc) is 3.41. The third-order valence-electron chi connectivity index (χ3n) is 6.05. The third kappa shape index (κ3) is 8.31. The van der Waals surface area contributed by atoms with Crippen LogP contribution in [0.5, 0.6) is 0 Å². The summed E-state index contributed by atoms with van der Waals surface area (Å²) in [5.41, 5.74) is 1.31. The first-order valence-corrected chi connectivity index (χ1v) is 12.5. The maximum atomic E-state index is 13.5. The van der Waals surface area contributed by atoms with Crippen LogP contribution in [0.4, 0.5) is 14.9 Å². The van der Waals surface area contributed by atoms with Gasteiger partial charge in [0.1, 0.15) is 18.1 Å². The van der Waals surface area contributed by atoms with Crippen LogP contribution in [-0.4, -0.2) is 72.6 Å². The SMILES string of the molecule is O=C(CN(CCN1CCOCC1)C(=O)Nc1cccc(Cl)c1)N(Cc1ccc(F)cc1)Cc1ccco1. The summed E-state index contributed by atoms with van der Waals surface area (Å²) in [6.45, 7) is 4.10. The van der Waals surface area contributed by atoms with Crippen LogP contribution in [0.1, 0.15) is 11.3 Å². The van der Waals surface area contributed by atoms with Gasteiger partial charge in [0.2, 0.25) is 5.91 Å². The van der Waals surface area contributed by atoms with E-state index in [1.165, 1.54) is 17.0 Å². The lowest BCUT2D eigenvalue weighted by atomic mass is 10.2. The summed E-state index contributed by atoms with van der Waals surface area (Å²) in [5.74, 6) is 0.00212. The molecule has 0 aliphatic carbocycles. The molecule has 3 amide bonds. The van der Waals surface area contributed by atoms with Gasteiger partial charge in [-0.15, -0.1) is 0 Å². The number of carbonyl (C=O) groups excluding carboxylic acids is 2. The first kappa shape index (κ1) is 26.7. The number of nitrogens with zero attached hydrogens (tertiary/aromatic N) is 3. The summed E-state index contributed by atoms with van der Waals surface area (Å²) >= 11 is 6.07. The molecule has 1 fully saturated rings. The molecule has 8 nitrogen and oxygen atoms in total. The maximum Gasteiger partial charge on any atom is 0.322 e. The largest absolute Gasteiger partial charge is 0.467 e. The molecule has 3 aromatic rings. The van der Waals surface area contributed by atoms with Gasteiger partial charge in [0.05, 0.1) is 26.0 Å². The quantitative estimate of drug-likeness (QED) is 0.420. The molecule has 2 aromatic carbocycles. The number of ether oxygens (including phenoxy) is 1. The van der Waals surface area contributed by atoms with Crippen molar-refractivity contribution in [2.24, 2.45) is 0 Å². The number of rotatable bonds is 10. The topological polar surface area (TPSA) is 78.3 Å². The van der Waals surface area contributed by atoms with Crippen molar-refractivity contribution in [2.75, 3.05) is 51.3 Å². The zero-order valence-electron chi connectivity index (χ0n) is 20.4. The van der Waals surface area contributed by atoms with Crippen molar-refractivity contribution in [2.45, 2.75) is 13.1 Å². The van der Waals surface area contributed by atoms with Gasteiger partial charge in [-0.1, -0.05) is 29.8 Å². The average molecular weight is 529 g/mol. The smallest absolute Gasteiger partial charge is 0.322 e. The maximum absolute atomic E-state index is 13.5. The Bertz CT molecular complexity index is 1150. The summed E-state index contributed by atoms with van der Waals surface area (Å²) < 4.78 is 24.3. The molecular weight excluding hydrogens is 499 g/mol. The van der Waals surface area contributed by atoms with E-state index in [4.69, 9.17) is 20.8 Å². The van der Waals surface area contributed by atoms with E-state index < -0.39 is 6.03 Å². The minimum Gasteiger partial charge on any atom is -0.467 e. The summed E-state index contributed by atoms with van der Waals surface area (Å²) in [4.78, 5) is 32.1. The van der Waals surface area contributed by atoms with E-state index >= 15 is 0 Å². The molecule has 0 atom stereocenters. The highest BCUT2D eigenvalue weighted by molar-refractivity contribution is 6.30. The molecule has 37 heavy (non-hydrogen) atoms. The number of amides is 3. The van der Waals surface area contributed by atoms with Crippen LogP contribution in [-0.2, 0) is 22.6 Å². The van der Waals surface area contributed by atoms with E-state index in [9.17, 15) is 14.0 Å². The minimum absolute atomic E-state index is 0.140. The molecule has 0 unspecified atom stereocenters. The number of hydrogen-bond acceptors (Lipinski definition) is 5. The Morgan fingerprint density at radius 3 is 2.49 bits per heavy atom. The molecule has 2 heterocycles. The Kier molecular flexibility index (Phi) is 9.53. The van der Waals surface area contributed by atoms with E-state index in [0.29, 0.717) is 42.8 Å². The predicted octanol–water partition coefficient (Wildman–Crippen LogP) is 4.47. The molecule has 10 heteroatoms. The van der Waals surface area contributed by atoms with E-state index in [2.05, 4.69) is 10.2 Å². The zero-order chi connectivity index (χ0) is 26.0. The van der Waals surface area contributed by atoms with Gasteiger partial charge in [-0.25, -0.2) is 9.18 Å². The van der Waals surface area contributed by atoms with Crippen LogP contribution in [0, 0.1) is 5.82 Å². The molecule has 0 radical (unpaired) electrons. The Hall–Kier alpha value is -3.40. The molecule has 0 bridgehead atoms. The van der Waals surface area contributed by atoms with Crippen LogP contribution in [0.2, 0.25) is 5.02 Å². The standard InChI is InChI=1S/C27H30ClFN4O4/c28-22-3-1-4-24(17-22)30-27(35)32(11-10-31-12-15-36-16-13-31)20-26(34)33(19-25-5-2-14-37-25)18-21-6-8-23(29)9-7-21/h1-9,14,17H,10-13,15-16,18-20H2,(H,30,35). The second kappa shape index (κ2) is 13.2. The summed E-state index contributed by atoms with van der Waals surface area (Å²) in [5, 5.41) is 3.34. The summed E-state index contributed by atoms with van der Waals surface area (Å²) in [6, 6.07) is 16.0. The third-order valence-corrected chi connectivity index (χ3v) is 6.28. The molecule has 1 N–H and O–H groups in total. The van der Waals surface area contributed by atoms with E-state index in [1.807, 2.05) is 0 Å². The second-order valence-electron chi connectivity index (χ2n) is 8.77. The number of morpholine rings is 1. The van der Waals surface area contributed by atoms with Crippen LogP contribution in [0.25, 0.3) is 0 Å². The van der Waals surface area contributed by atoms with Crippen LogP contribution < -0.4 is 5.32 Å². The Labute approximate surface area is 220 Å². The van der Waals surface area contributed by atoms with Gasteiger partial charge in [0.25, 0.3) is 0 Å². The Balaban J connectivity index is 1.49. The lowest BCUT2D eigenvalue weighted by Crippen LogP contribution is -2.48. The minimum atomic E-state index is -0.399. The van der Waals surface area contributed by atoms with Crippen molar-refractivity contribution in [3.8, 4) is 0 Å². The number of furan rings is 1. The first-order valence-electron chi connectivity index (χ1n) is 12.1. The number of urea groups is 1. The Morgan fingerprint density at radius 2 is 1.78 bits per heavy atom. The fourth-order valence-corrected chi connectivity index (χ4v) is 4.19. The van der Waals surface area contributed by atoms with Gasteiger partial charge in [-0.05, 0) is 48.0 Å². The number of halogens is 2. The highest BCUT2D eigenvalue weighted by Crippen LogP contribution is 2.16. The predicted molar refractivity (Wildman–Crippen MR) is 139 cm³/mol. The highest BCUT2D eigenvalue weighted by atomic mass is 35.5. The fourth-order valence-electron chi connectivity index (χ4n) is 4.00. The number of hydrogen-bond donors (Lipinski definition) is 1. The molecule has 1 aromatic heterocycles. The normalized spacial score (nSPS) is 13.8. The van der Waals surface area contributed by atoms with Crippen molar-refractivity contribution < 1.29 is 23.1 Å². The highest BCUT2D eigenvalue weighted by Gasteiger charge is 2.24. The molecule has 0 saturated carbocycles. The fraction of sp³-hybridized carbons (Fsp3) is 0.333. The van der Waals surface area contributed by atoms with Crippen molar-refractivity contribution in [1.29, 1.82) is 0 Å². The first-order chi connectivity index (χ1) is 18.0. The Morgan fingerprint density at radius 1 is 1.00 bits per heavy atom.